The Bertz CT molecular complexity index is 589. The fourth-order valence-corrected chi connectivity index (χ4v) is 3.73. The Morgan fingerprint density at radius 3 is 2.81 bits per heavy atom. The van der Waals surface area contributed by atoms with Crippen LogP contribution in [0.2, 0.25) is 0 Å². The van der Waals surface area contributed by atoms with E-state index in [1.165, 1.54) is 18.3 Å². The van der Waals surface area contributed by atoms with Gasteiger partial charge in [0.1, 0.15) is 0 Å². The molecule has 0 spiro atoms. The quantitative estimate of drug-likeness (QED) is 0.931. The van der Waals surface area contributed by atoms with Crippen molar-refractivity contribution in [2.75, 3.05) is 36.4 Å². The van der Waals surface area contributed by atoms with E-state index < -0.39 is 0 Å². The van der Waals surface area contributed by atoms with E-state index in [1.54, 1.807) is 11.3 Å². The van der Waals surface area contributed by atoms with Crippen LogP contribution in [0.15, 0.2) is 17.0 Å². The SMILES string of the molecule is CC(=O)Nc1nc(CN2CCN(c3nccs3)CC2)cs1. The summed E-state index contributed by atoms with van der Waals surface area (Å²) in [5.74, 6) is -0.0760. The van der Waals surface area contributed by atoms with E-state index in [1.807, 2.05) is 17.0 Å². The number of thiazole rings is 2. The van der Waals surface area contributed by atoms with Crippen LogP contribution < -0.4 is 10.2 Å². The summed E-state index contributed by atoms with van der Waals surface area (Å²) in [5.41, 5.74) is 1.02. The summed E-state index contributed by atoms with van der Waals surface area (Å²) in [5, 5.41) is 8.54. The van der Waals surface area contributed by atoms with Crippen LogP contribution in [-0.2, 0) is 11.3 Å². The number of piperazine rings is 1. The highest BCUT2D eigenvalue weighted by Gasteiger charge is 2.19. The molecule has 0 radical (unpaired) electrons. The van der Waals surface area contributed by atoms with Gasteiger partial charge in [0.25, 0.3) is 0 Å². The molecule has 1 amide bonds. The fourth-order valence-electron chi connectivity index (χ4n) is 2.29. The minimum absolute atomic E-state index is 0.0760. The molecule has 0 unspecified atom stereocenters. The van der Waals surface area contributed by atoms with Crippen molar-refractivity contribution in [3.8, 4) is 0 Å². The van der Waals surface area contributed by atoms with Gasteiger partial charge in [-0.25, -0.2) is 9.97 Å². The molecule has 3 rings (SSSR count). The maximum absolute atomic E-state index is 11.0. The molecule has 112 valence electrons. The van der Waals surface area contributed by atoms with Crippen LogP contribution in [0, 0.1) is 0 Å². The summed E-state index contributed by atoms with van der Waals surface area (Å²) in [6.07, 6.45) is 1.85. The molecule has 3 heterocycles. The molecule has 0 bridgehead atoms. The molecule has 0 atom stereocenters. The van der Waals surface area contributed by atoms with Gasteiger partial charge < -0.3 is 10.2 Å². The second-order valence-electron chi connectivity index (χ2n) is 4.90. The molecule has 0 aliphatic carbocycles. The first kappa shape index (κ1) is 14.4. The van der Waals surface area contributed by atoms with Crippen LogP contribution in [0.4, 0.5) is 10.3 Å². The van der Waals surface area contributed by atoms with Crippen molar-refractivity contribution in [1.82, 2.24) is 14.9 Å². The smallest absolute Gasteiger partial charge is 0.223 e. The Morgan fingerprint density at radius 1 is 1.33 bits per heavy atom. The minimum atomic E-state index is -0.0760. The summed E-state index contributed by atoms with van der Waals surface area (Å²) in [7, 11) is 0. The summed E-state index contributed by atoms with van der Waals surface area (Å²) in [4.78, 5) is 24.5. The van der Waals surface area contributed by atoms with Crippen molar-refractivity contribution in [3.05, 3.63) is 22.7 Å². The number of aromatic nitrogens is 2. The molecule has 8 heteroatoms. The molecule has 1 aliphatic rings. The number of carbonyl (C=O) groups is 1. The zero-order valence-corrected chi connectivity index (χ0v) is 13.4. The fraction of sp³-hybridized carbons (Fsp3) is 0.462. The highest BCUT2D eigenvalue weighted by Crippen LogP contribution is 2.21. The van der Waals surface area contributed by atoms with E-state index >= 15 is 0 Å². The highest BCUT2D eigenvalue weighted by molar-refractivity contribution is 7.14. The first-order valence-corrected chi connectivity index (χ1v) is 8.55. The standard InChI is InChI=1S/C13H17N5OS2/c1-10(19)15-12-16-11(9-21-12)8-17-3-5-18(6-4-17)13-14-2-7-20-13/h2,7,9H,3-6,8H2,1H3,(H,15,16,19). The van der Waals surface area contributed by atoms with Gasteiger partial charge in [-0.1, -0.05) is 0 Å². The van der Waals surface area contributed by atoms with Crippen LogP contribution in [0.25, 0.3) is 0 Å². The molecule has 1 fully saturated rings. The van der Waals surface area contributed by atoms with Crippen molar-refractivity contribution in [2.24, 2.45) is 0 Å². The zero-order valence-electron chi connectivity index (χ0n) is 11.8. The molecule has 21 heavy (non-hydrogen) atoms. The lowest BCUT2D eigenvalue weighted by Gasteiger charge is -2.34. The molecule has 1 aliphatic heterocycles. The Balaban J connectivity index is 1.51. The average molecular weight is 323 g/mol. The topological polar surface area (TPSA) is 61.4 Å². The maximum atomic E-state index is 11.0. The normalized spacial score (nSPS) is 16.1. The Labute approximate surface area is 131 Å². The lowest BCUT2D eigenvalue weighted by molar-refractivity contribution is -0.114. The van der Waals surface area contributed by atoms with Crippen LogP contribution in [0.5, 0.6) is 0 Å². The molecule has 0 aromatic carbocycles. The van der Waals surface area contributed by atoms with Gasteiger partial charge in [-0.2, -0.15) is 0 Å². The number of carbonyl (C=O) groups excluding carboxylic acids is 1. The molecule has 2 aromatic rings. The predicted octanol–water partition coefficient (Wildman–Crippen LogP) is 1.88. The van der Waals surface area contributed by atoms with E-state index in [9.17, 15) is 4.79 Å². The van der Waals surface area contributed by atoms with Crippen molar-refractivity contribution < 1.29 is 4.79 Å². The zero-order chi connectivity index (χ0) is 14.7. The van der Waals surface area contributed by atoms with Gasteiger partial charge in [-0.3, -0.25) is 9.69 Å². The van der Waals surface area contributed by atoms with E-state index in [0.29, 0.717) is 5.13 Å². The predicted molar refractivity (Wildman–Crippen MR) is 86.0 cm³/mol. The van der Waals surface area contributed by atoms with Crippen molar-refractivity contribution in [1.29, 1.82) is 0 Å². The van der Waals surface area contributed by atoms with Gasteiger partial charge in [0.15, 0.2) is 10.3 Å². The summed E-state index contributed by atoms with van der Waals surface area (Å²) in [6, 6.07) is 0. The molecular formula is C13H17N5OS2. The number of nitrogens with zero attached hydrogens (tertiary/aromatic N) is 4. The number of anilines is 2. The van der Waals surface area contributed by atoms with Gasteiger partial charge >= 0.3 is 0 Å². The van der Waals surface area contributed by atoms with Crippen molar-refractivity contribution >= 4 is 38.8 Å². The molecule has 0 saturated carbocycles. The van der Waals surface area contributed by atoms with Gasteiger partial charge in [0.05, 0.1) is 5.69 Å². The molecule has 2 aromatic heterocycles. The number of amides is 1. The maximum Gasteiger partial charge on any atom is 0.223 e. The third-order valence-electron chi connectivity index (χ3n) is 3.28. The van der Waals surface area contributed by atoms with E-state index in [0.717, 1.165) is 43.5 Å². The van der Waals surface area contributed by atoms with E-state index in [4.69, 9.17) is 0 Å². The van der Waals surface area contributed by atoms with E-state index in [2.05, 4.69) is 25.1 Å². The second-order valence-corrected chi connectivity index (χ2v) is 6.63. The molecule has 1 saturated heterocycles. The summed E-state index contributed by atoms with van der Waals surface area (Å²) in [6.45, 7) is 6.34. The Kier molecular flexibility index (Phi) is 4.47. The Morgan fingerprint density at radius 2 is 2.14 bits per heavy atom. The van der Waals surface area contributed by atoms with Crippen LogP contribution in [-0.4, -0.2) is 47.0 Å². The van der Waals surface area contributed by atoms with Crippen molar-refractivity contribution in [2.45, 2.75) is 13.5 Å². The minimum Gasteiger partial charge on any atom is -0.346 e. The Hall–Kier alpha value is -1.51. The number of rotatable bonds is 4. The third-order valence-corrected chi connectivity index (χ3v) is 4.92. The van der Waals surface area contributed by atoms with Gasteiger partial charge in [-0.05, 0) is 0 Å². The number of hydrogen-bond donors (Lipinski definition) is 1. The monoisotopic (exact) mass is 323 g/mol. The third kappa shape index (κ3) is 3.78. The second kappa shape index (κ2) is 6.50. The molecule has 1 N–H and O–H groups in total. The lowest BCUT2D eigenvalue weighted by Crippen LogP contribution is -2.45. The van der Waals surface area contributed by atoms with Crippen LogP contribution >= 0.6 is 22.7 Å². The number of nitrogens with one attached hydrogen (secondary N) is 1. The highest BCUT2D eigenvalue weighted by atomic mass is 32.1. The lowest BCUT2D eigenvalue weighted by atomic mass is 10.3. The number of hydrogen-bond acceptors (Lipinski definition) is 7. The van der Waals surface area contributed by atoms with Crippen molar-refractivity contribution in [3.63, 3.8) is 0 Å². The summed E-state index contributed by atoms with van der Waals surface area (Å²) >= 11 is 3.17. The van der Waals surface area contributed by atoms with E-state index in [-0.39, 0.29) is 5.91 Å². The average Bonchev–Trinajstić information content (AvgIpc) is 3.11. The van der Waals surface area contributed by atoms with Gasteiger partial charge in [0, 0.05) is 56.6 Å². The van der Waals surface area contributed by atoms with Crippen LogP contribution in [0.1, 0.15) is 12.6 Å². The molecule has 6 nitrogen and oxygen atoms in total. The van der Waals surface area contributed by atoms with Gasteiger partial charge in [-0.15, -0.1) is 22.7 Å². The van der Waals surface area contributed by atoms with Crippen LogP contribution in [0.3, 0.4) is 0 Å². The largest absolute Gasteiger partial charge is 0.346 e. The first-order chi connectivity index (χ1) is 10.2. The first-order valence-electron chi connectivity index (χ1n) is 6.79. The molecular weight excluding hydrogens is 306 g/mol. The summed E-state index contributed by atoms with van der Waals surface area (Å²) < 4.78 is 0. The van der Waals surface area contributed by atoms with Gasteiger partial charge in [0.2, 0.25) is 5.91 Å².